The molecule has 0 spiro atoms. The van der Waals surface area contributed by atoms with Crippen LogP contribution >= 0.6 is 0 Å². The third kappa shape index (κ3) is 4.16. The first-order valence-corrected chi connectivity index (χ1v) is 7.15. The van der Waals surface area contributed by atoms with Gasteiger partial charge in [-0.3, -0.25) is 9.69 Å². The number of hydrogen-bond donors (Lipinski definition) is 0. The van der Waals surface area contributed by atoms with Gasteiger partial charge in [0, 0.05) is 26.2 Å². The van der Waals surface area contributed by atoms with Crippen molar-refractivity contribution in [2.45, 2.75) is 45.5 Å². The summed E-state index contributed by atoms with van der Waals surface area (Å²) in [5.74, 6) is 0.208. The summed E-state index contributed by atoms with van der Waals surface area (Å²) in [6.07, 6.45) is 0.266. The van der Waals surface area contributed by atoms with Crippen LogP contribution in [0.3, 0.4) is 0 Å². The van der Waals surface area contributed by atoms with Gasteiger partial charge in [0.15, 0.2) is 0 Å². The lowest BCUT2D eigenvalue weighted by Gasteiger charge is -2.40. The molecule has 0 saturated carbocycles. The molecule has 2 atom stereocenters. The largest absolute Gasteiger partial charge is 0.373 e. The third-order valence-corrected chi connectivity index (χ3v) is 3.64. The van der Waals surface area contributed by atoms with E-state index in [1.807, 2.05) is 18.7 Å². The van der Waals surface area contributed by atoms with Crippen LogP contribution in [0.25, 0.3) is 0 Å². The molecule has 2 heterocycles. The van der Waals surface area contributed by atoms with Crippen molar-refractivity contribution in [2.75, 3.05) is 39.3 Å². The van der Waals surface area contributed by atoms with Gasteiger partial charge >= 0.3 is 0 Å². The average Bonchev–Trinajstić information content (AvgIpc) is 2.26. The van der Waals surface area contributed by atoms with Gasteiger partial charge < -0.3 is 14.4 Å². The minimum atomic E-state index is -0.149. The summed E-state index contributed by atoms with van der Waals surface area (Å²) >= 11 is 0. The van der Waals surface area contributed by atoms with E-state index in [4.69, 9.17) is 9.47 Å². The Hall–Kier alpha value is -0.650. The Kier molecular flexibility index (Phi) is 4.48. The number of nitrogens with zero attached hydrogens (tertiary/aromatic N) is 2. The molecular formula is C14H26N2O3. The van der Waals surface area contributed by atoms with Crippen LogP contribution in [0.4, 0.5) is 0 Å². The van der Waals surface area contributed by atoms with Crippen molar-refractivity contribution in [1.82, 2.24) is 9.80 Å². The molecule has 2 aliphatic rings. The molecule has 5 nitrogen and oxygen atoms in total. The number of carbonyl (C=O) groups excluding carboxylic acids is 1. The molecule has 0 radical (unpaired) electrons. The second kappa shape index (κ2) is 5.77. The molecule has 2 saturated heterocycles. The molecule has 1 amide bonds. The van der Waals surface area contributed by atoms with Crippen LogP contribution in [0.2, 0.25) is 0 Å². The molecular weight excluding hydrogens is 244 g/mol. The number of amides is 1. The van der Waals surface area contributed by atoms with Gasteiger partial charge in [-0.1, -0.05) is 0 Å². The second-order valence-electron chi connectivity index (χ2n) is 6.37. The number of carbonyl (C=O) groups is 1. The molecule has 2 fully saturated rings. The maximum atomic E-state index is 12.4. The molecule has 0 N–H and O–H groups in total. The van der Waals surface area contributed by atoms with Crippen molar-refractivity contribution in [3.05, 3.63) is 0 Å². The molecule has 0 aromatic rings. The van der Waals surface area contributed by atoms with Gasteiger partial charge in [-0.05, 0) is 27.7 Å². The van der Waals surface area contributed by atoms with Gasteiger partial charge in [0.05, 0.1) is 31.0 Å². The van der Waals surface area contributed by atoms with Crippen molar-refractivity contribution in [3.63, 3.8) is 0 Å². The van der Waals surface area contributed by atoms with E-state index >= 15 is 0 Å². The van der Waals surface area contributed by atoms with Crippen LogP contribution in [0.5, 0.6) is 0 Å². The van der Waals surface area contributed by atoms with Gasteiger partial charge in [0.2, 0.25) is 5.91 Å². The fourth-order valence-electron chi connectivity index (χ4n) is 2.92. The lowest BCUT2D eigenvalue weighted by molar-refractivity contribution is -0.148. The summed E-state index contributed by atoms with van der Waals surface area (Å²) in [5.41, 5.74) is -0.149. The van der Waals surface area contributed by atoms with E-state index in [-0.39, 0.29) is 23.7 Å². The summed E-state index contributed by atoms with van der Waals surface area (Å²) in [6.45, 7) is 12.4. The van der Waals surface area contributed by atoms with E-state index in [0.717, 1.165) is 13.1 Å². The Labute approximate surface area is 115 Å². The van der Waals surface area contributed by atoms with Crippen LogP contribution in [-0.2, 0) is 14.3 Å². The quantitative estimate of drug-likeness (QED) is 0.742. The monoisotopic (exact) mass is 270 g/mol. The Bertz CT molecular complexity index is 323. The normalized spacial score (nSPS) is 32.3. The highest BCUT2D eigenvalue weighted by Crippen LogP contribution is 2.17. The Balaban J connectivity index is 1.86. The van der Waals surface area contributed by atoms with Gasteiger partial charge in [-0.25, -0.2) is 0 Å². The molecule has 2 rings (SSSR count). The Morgan fingerprint density at radius 3 is 2.47 bits per heavy atom. The topological polar surface area (TPSA) is 42.0 Å². The lowest BCUT2D eigenvalue weighted by atomic mass is 10.1. The zero-order valence-electron chi connectivity index (χ0n) is 12.5. The Morgan fingerprint density at radius 1 is 1.26 bits per heavy atom. The second-order valence-corrected chi connectivity index (χ2v) is 6.37. The number of hydrogen-bond acceptors (Lipinski definition) is 4. The predicted octanol–water partition coefficient (Wildman–Crippen LogP) is 0.733. The first-order chi connectivity index (χ1) is 8.85. The lowest BCUT2D eigenvalue weighted by Crippen LogP contribution is -2.54. The predicted molar refractivity (Wildman–Crippen MR) is 73.1 cm³/mol. The molecule has 0 aromatic heterocycles. The Morgan fingerprint density at radius 2 is 1.89 bits per heavy atom. The first kappa shape index (κ1) is 14.8. The van der Waals surface area contributed by atoms with E-state index in [1.54, 1.807) is 0 Å². The van der Waals surface area contributed by atoms with Crippen molar-refractivity contribution in [3.8, 4) is 0 Å². The van der Waals surface area contributed by atoms with Crippen LogP contribution in [0, 0.1) is 0 Å². The number of rotatable bonds is 2. The standard InChI is InChI=1S/C14H26N2O3/c1-11-7-16(8-12(2)19-11)13(17)9-15-5-6-18-14(3,4)10-15/h11-12H,5-10H2,1-4H3/t11-,12?/m1/s1. The van der Waals surface area contributed by atoms with Crippen molar-refractivity contribution in [2.24, 2.45) is 0 Å². The van der Waals surface area contributed by atoms with Gasteiger partial charge in [0.25, 0.3) is 0 Å². The summed E-state index contributed by atoms with van der Waals surface area (Å²) in [5, 5.41) is 0. The fraction of sp³-hybridized carbons (Fsp3) is 0.929. The van der Waals surface area contributed by atoms with Crippen LogP contribution in [0.15, 0.2) is 0 Å². The molecule has 0 aromatic carbocycles. The summed E-state index contributed by atoms with van der Waals surface area (Å²) < 4.78 is 11.3. The van der Waals surface area contributed by atoms with E-state index in [2.05, 4.69) is 18.7 Å². The van der Waals surface area contributed by atoms with Crippen molar-refractivity contribution >= 4 is 5.91 Å². The SMILES string of the molecule is CC1CN(C(=O)CN2CCOC(C)(C)C2)C[C@@H](C)O1. The minimum Gasteiger partial charge on any atom is -0.373 e. The highest BCUT2D eigenvalue weighted by Gasteiger charge is 2.31. The van der Waals surface area contributed by atoms with Crippen LogP contribution in [-0.4, -0.2) is 72.8 Å². The van der Waals surface area contributed by atoms with Crippen molar-refractivity contribution < 1.29 is 14.3 Å². The van der Waals surface area contributed by atoms with Gasteiger partial charge in [-0.2, -0.15) is 0 Å². The smallest absolute Gasteiger partial charge is 0.236 e. The molecule has 1 unspecified atom stereocenters. The summed E-state index contributed by atoms with van der Waals surface area (Å²) in [7, 11) is 0. The molecule has 19 heavy (non-hydrogen) atoms. The van der Waals surface area contributed by atoms with Crippen LogP contribution < -0.4 is 0 Å². The zero-order chi connectivity index (χ0) is 14.0. The molecule has 2 aliphatic heterocycles. The van der Waals surface area contributed by atoms with E-state index in [1.165, 1.54) is 0 Å². The van der Waals surface area contributed by atoms with Gasteiger partial charge in [-0.15, -0.1) is 0 Å². The number of morpholine rings is 2. The summed E-state index contributed by atoms with van der Waals surface area (Å²) in [6, 6.07) is 0. The van der Waals surface area contributed by atoms with Gasteiger partial charge in [0.1, 0.15) is 0 Å². The van der Waals surface area contributed by atoms with Crippen LogP contribution in [0.1, 0.15) is 27.7 Å². The maximum Gasteiger partial charge on any atom is 0.236 e. The van der Waals surface area contributed by atoms with E-state index in [0.29, 0.717) is 26.2 Å². The van der Waals surface area contributed by atoms with Crippen molar-refractivity contribution in [1.29, 1.82) is 0 Å². The summed E-state index contributed by atoms with van der Waals surface area (Å²) in [4.78, 5) is 16.5. The van der Waals surface area contributed by atoms with E-state index in [9.17, 15) is 4.79 Å². The molecule has 0 bridgehead atoms. The maximum absolute atomic E-state index is 12.4. The van der Waals surface area contributed by atoms with E-state index < -0.39 is 0 Å². The molecule has 0 aliphatic carbocycles. The zero-order valence-corrected chi connectivity index (χ0v) is 12.5. The fourth-order valence-corrected chi connectivity index (χ4v) is 2.92. The number of ether oxygens (including phenoxy) is 2. The third-order valence-electron chi connectivity index (χ3n) is 3.64. The molecule has 110 valence electrons. The highest BCUT2D eigenvalue weighted by molar-refractivity contribution is 5.78. The molecule has 5 heteroatoms. The highest BCUT2D eigenvalue weighted by atomic mass is 16.5. The first-order valence-electron chi connectivity index (χ1n) is 7.15. The minimum absolute atomic E-state index is 0.133. The average molecular weight is 270 g/mol.